The van der Waals surface area contributed by atoms with Gasteiger partial charge in [-0.1, -0.05) is 0 Å². The molecule has 0 bridgehead atoms. The Morgan fingerprint density at radius 3 is 1.09 bits per heavy atom. The molecule has 0 aliphatic rings. The Bertz CT molecular complexity index is 409. The van der Waals surface area contributed by atoms with E-state index in [0.717, 1.165) is 0 Å². The molecule has 0 radical (unpaired) electrons. The van der Waals surface area contributed by atoms with Gasteiger partial charge >= 0.3 is 15.2 Å². The predicted octanol–water partition coefficient (Wildman–Crippen LogP) is 3.79. The Balaban J connectivity index is 4.66. The van der Waals surface area contributed by atoms with Crippen LogP contribution in [0.3, 0.4) is 0 Å². The SMILES string of the molecule is CCOP(=O)(CCP(=O)(O)CCP(=O)(OCC)OCC)OCC. The van der Waals surface area contributed by atoms with E-state index in [-0.39, 0.29) is 51.1 Å². The Kier molecular flexibility index (Phi) is 11.4. The summed E-state index contributed by atoms with van der Waals surface area (Å²) in [6.45, 7) is 7.45. The minimum absolute atomic E-state index is 0.157. The van der Waals surface area contributed by atoms with Gasteiger partial charge in [0.15, 0.2) is 0 Å². The van der Waals surface area contributed by atoms with Crippen LogP contribution in [0.5, 0.6) is 0 Å². The lowest BCUT2D eigenvalue weighted by Gasteiger charge is -2.21. The van der Waals surface area contributed by atoms with Crippen LogP contribution in [0, 0.1) is 0 Å². The molecule has 0 aliphatic heterocycles. The molecule has 0 spiro atoms. The van der Waals surface area contributed by atoms with Crippen LogP contribution >= 0.6 is 22.6 Å². The molecule has 0 rings (SSSR count). The molecule has 0 amide bonds. The van der Waals surface area contributed by atoms with Crippen LogP contribution in [-0.4, -0.2) is 56.0 Å². The summed E-state index contributed by atoms with van der Waals surface area (Å²) in [4.78, 5) is 10.0. The molecule has 23 heavy (non-hydrogen) atoms. The average Bonchev–Trinajstić information content (AvgIpc) is 2.45. The van der Waals surface area contributed by atoms with Crippen molar-refractivity contribution in [3.05, 3.63) is 0 Å². The van der Waals surface area contributed by atoms with Crippen molar-refractivity contribution in [2.24, 2.45) is 0 Å². The monoisotopic (exact) mass is 394 g/mol. The molecule has 0 unspecified atom stereocenters. The Labute approximate surface area is 138 Å². The van der Waals surface area contributed by atoms with Crippen LogP contribution in [0.2, 0.25) is 0 Å². The topological polar surface area (TPSA) is 108 Å². The van der Waals surface area contributed by atoms with Gasteiger partial charge in [0.1, 0.15) is 0 Å². The third-order valence-electron chi connectivity index (χ3n) is 2.75. The smallest absolute Gasteiger partial charge is 0.331 e. The highest BCUT2D eigenvalue weighted by Gasteiger charge is 2.32. The zero-order valence-electron chi connectivity index (χ0n) is 14.3. The summed E-state index contributed by atoms with van der Waals surface area (Å²) < 4.78 is 57.1. The van der Waals surface area contributed by atoms with E-state index < -0.39 is 22.6 Å². The molecular formula is C12H29O8P3. The van der Waals surface area contributed by atoms with Crippen molar-refractivity contribution in [3.8, 4) is 0 Å². The lowest BCUT2D eigenvalue weighted by atomic mass is 10.9. The van der Waals surface area contributed by atoms with Gasteiger partial charge in [0, 0.05) is 12.3 Å². The Hall–Kier alpha value is 0.490. The summed E-state index contributed by atoms with van der Waals surface area (Å²) in [5, 5.41) is 0. The van der Waals surface area contributed by atoms with Crippen LogP contribution in [-0.2, 0) is 31.8 Å². The average molecular weight is 394 g/mol. The van der Waals surface area contributed by atoms with Gasteiger partial charge in [-0.05, 0) is 27.7 Å². The Morgan fingerprint density at radius 2 is 0.870 bits per heavy atom. The minimum Gasteiger partial charge on any atom is -0.344 e. The molecule has 0 aromatic rings. The fraction of sp³-hybridized carbons (Fsp3) is 1.00. The second kappa shape index (κ2) is 11.2. The van der Waals surface area contributed by atoms with Crippen LogP contribution in [0.4, 0.5) is 0 Å². The summed E-state index contributed by atoms with van der Waals surface area (Å²) >= 11 is 0. The van der Waals surface area contributed by atoms with Crippen LogP contribution in [0.15, 0.2) is 0 Å². The van der Waals surface area contributed by atoms with E-state index in [1.54, 1.807) is 27.7 Å². The van der Waals surface area contributed by atoms with Crippen molar-refractivity contribution in [2.75, 3.05) is 51.1 Å². The van der Waals surface area contributed by atoms with Crippen molar-refractivity contribution in [1.82, 2.24) is 0 Å². The van der Waals surface area contributed by atoms with E-state index in [4.69, 9.17) is 18.1 Å². The molecule has 0 aromatic carbocycles. The van der Waals surface area contributed by atoms with E-state index in [0.29, 0.717) is 0 Å². The molecule has 0 heterocycles. The first-order valence-electron chi connectivity index (χ1n) is 7.73. The molecule has 0 atom stereocenters. The molecule has 0 aliphatic carbocycles. The van der Waals surface area contributed by atoms with Crippen molar-refractivity contribution in [3.63, 3.8) is 0 Å². The lowest BCUT2D eigenvalue weighted by Crippen LogP contribution is -2.09. The molecular weight excluding hydrogens is 365 g/mol. The third-order valence-corrected chi connectivity index (χ3v) is 9.45. The van der Waals surface area contributed by atoms with Gasteiger partial charge in [-0.15, -0.1) is 0 Å². The van der Waals surface area contributed by atoms with Gasteiger partial charge in [-0.25, -0.2) is 0 Å². The summed E-state index contributed by atoms with van der Waals surface area (Å²) in [5.74, 6) is 0. The second-order valence-electron chi connectivity index (χ2n) is 4.63. The van der Waals surface area contributed by atoms with Crippen molar-refractivity contribution >= 4 is 22.6 Å². The number of rotatable bonds is 14. The molecule has 0 fully saturated rings. The van der Waals surface area contributed by atoms with Crippen LogP contribution in [0.25, 0.3) is 0 Å². The summed E-state index contributed by atoms with van der Waals surface area (Å²) in [6.07, 6.45) is -0.781. The molecule has 1 N–H and O–H groups in total. The lowest BCUT2D eigenvalue weighted by molar-refractivity contribution is 0.221. The standard InChI is InChI=1S/C12H29O8P3/c1-5-17-22(15,18-6-2)11-9-21(13,14)10-12-23(16,19-7-3)20-8-4/h5-12H2,1-4H3,(H,13,14). The van der Waals surface area contributed by atoms with Gasteiger partial charge in [0.2, 0.25) is 7.37 Å². The maximum atomic E-state index is 12.3. The predicted molar refractivity (Wildman–Crippen MR) is 91.0 cm³/mol. The first kappa shape index (κ1) is 23.5. The molecule has 140 valence electrons. The molecule has 0 saturated carbocycles. The molecule has 0 saturated heterocycles. The summed E-state index contributed by atoms with van der Waals surface area (Å²) in [7, 11) is -10.4. The van der Waals surface area contributed by atoms with Crippen molar-refractivity contribution < 1.29 is 36.7 Å². The molecule has 11 heteroatoms. The summed E-state index contributed by atoms with van der Waals surface area (Å²) in [6, 6.07) is 0. The highest BCUT2D eigenvalue weighted by Crippen LogP contribution is 2.55. The van der Waals surface area contributed by atoms with Gasteiger partial charge < -0.3 is 23.0 Å². The van der Waals surface area contributed by atoms with Crippen LogP contribution in [0.1, 0.15) is 27.7 Å². The fourth-order valence-corrected chi connectivity index (χ4v) is 8.71. The normalized spacial score (nSPS) is 13.4. The van der Waals surface area contributed by atoms with E-state index in [9.17, 15) is 18.6 Å². The van der Waals surface area contributed by atoms with Gasteiger partial charge in [-0.2, -0.15) is 0 Å². The first-order valence-corrected chi connectivity index (χ1v) is 13.2. The van der Waals surface area contributed by atoms with Gasteiger partial charge in [0.05, 0.1) is 38.8 Å². The number of hydrogen-bond donors (Lipinski definition) is 1. The van der Waals surface area contributed by atoms with Crippen molar-refractivity contribution in [1.29, 1.82) is 0 Å². The maximum absolute atomic E-state index is 12.3. The number of hydrogen-bond acceptors (Lipinski definition) is 7. The zero-order chi connectivity index (χ0) is 18.0. The van der Waals surface area contributed by atoms with E-state index in [1.165, 1.54) is 0 Å². The second-order valence-corrected chi connectivity index (χ2v) is 11.6. The van der Waals surface area contributed by atoms with E-state index >= 15 is 0 Å². The molecule has 0 aromatic heterocycles. The quantitative estimate of drug-likeness (QED) is 0.443. The van der Waals surface area contributed by atoms with Crippen LogP contribution < -0.4 is 0 Å². The summed E-state index contributed by atoms with van der Waals surface area (Å²) in [5.41, 5.74) is 0. The minimum atomic E-state index is -3.64. The Morgan fingerprint density at radius 1 is 0.609 bits per heavy atom. The highest BCUT2D eigenvalue weighted by atomic mass is 31.2. The van der Waals surface area contributed by atoms with Crippen molar-refractivity contribution in [2.45, 2.75) is 27.7 Å². The fourth-order valence-electron chi connectivity index (χ4n) is 1.79. The van der Waals surface area contributed by atoms with Gasteiger partial charge in [0.25, 0.3) is 0 Å². The zero-order valence-corrected chi connectivity index (χ0v) is 17.0. The van der Waals surface area contributed by atoms with E-state index in [1.807, 2.05) is 0 Å². The van der Waals surface area contributed by atoms with Gasteiger partial charge in [-0.3, -0.25) is 13.7 Å². The first-order chi connectivity index (χ1) is 10.7. The maximum Gasteiger partial charge on any atom is 0.331 e. The third kappa shape index (κ3) is 10.2. The highest BCUT2D eigenvalue weighted by molar-refractivity contribution is 7.62. The largest absolute Gasteiger partial charge is 0.344 e. The molecule has 8 nitrogen and oxygen atoms in total. The van der Waals surface area contributed by atoms with E-state index in [2.05, 4.69) is 0 Å².